The van der Waals surface area contributed by atoms with Gasteiger partial charge in [-0.05, 0) is 0 Å². The van der Waals surface area contributed by atoms with E-state index in [-0.39, 0.29) is 0 Å². The molecule has 1 radical (unpaired) electrons. The predicted molar refractivity (Wildman–Crippen MR) is 45.2 cm³/mol. The molecule has 0 aliphatic carbocycles. The van der Waals surface area contributed by atoms with Gasteiger partial charge in [-0.3, -0.25) is 0 Å². The van der Waals surface area contributed by atoms with Crippen molar-refractivity contribution in [3.8, 4) is 0 Å². The second-order valence-corrected chi connectivity index (χ2v) is 2.26. The third kappa shape index (κ3) is 2.08. The molecule has 11 heavy (non-hydrogen) atoms. The Bertz CT molecular complexity index is 223. The van der Waals surface area contributed by atoms with E-state index < -0.39 is 0 Å². The fraction of sp³-hybridized carbons (Fsp3) is 0.222. The summed E-state index contributed by atoms with van der Waals surface area (Å²) in [6, 6.07) is 0. The van der Waals surface area contributed by atoms with Crippen LogP contribution in [0, 0.1) is 6.20 Å². The summed E-state index contributed by atoms with van der Waals surface area (Å²) in [7, 11) is 0. The monoisotopic (exact) mass is 147 g/mol. The zero-order valence-electron chi connectivity index (χ0n) is 6.43. The summed E-state index contributed by atoms with van der Waals surface area (Å²) in [5.41, 5.74) is 0.983. The van der Waals surface area contributed by atoms with Crippen molar-refractivity contribution in [1.82, 2.24) is 9.97 Å². The van der Waals surface area contributed by atoms with Gasteiger partial charge in [0.1, 0.15) is 12.0 Å². The summed E-state index contributed by atoms with van der Waals surface area (Å²) >= 11 is 0. The largest absolute Gasteiger partial charge is 0.345 e. The number of aromatic nitrogens is 2. The van der Waals surface area contributed by atoms with E-state index in [4.69, 9.17) is 0 Å². The third-order valence-electron chi connectivity index (χ3n) is 1.31. The molecule has 1 aromatic rings. The van der Waals surface area contributed by atoms with Crippen molar-refractivity contribution in [2.24, 2.45) is 0 Å². The quantitative estimate of drug-likeness (QED) is 0.645. The molecule has 2 heteroatoms. The van der Waals surface area contributed by atoms with Gasteiger partial charge in [0.15, 0.2) is 0 Å². The van der Waals surface area contributed by atoms with Crippen LogP contribution in [0.1, 0.15) is 11.5 Å². The standard InChI is InChI=1S/C9H11N2/c1-3-5-8-7-10-9(11-8)6-4-2/h3-4H,1-2,5-6H2,(H,10,11). The number of hydrogen-bond donors (Lipinski definition) is 1. The van der Waals surface area contributed by atoms with Crippen molar-refractivity contribution in [3.05, 3.63) is 43.0 Å². The lowest BCUT2D eigenvalue weighted by molar-refractivity contribution is 1.03. The van der Waals surface area contributed by atoms with Gasteiger partial charge in [0.05, 0.1) is 0 Å². The van der Waals surface area contributed by atoms with Crippen LogP contribution in [0.3, 0.4) is 0 Å². The molecule has 0 aliphatic heterocycles. The molecule has 1 aromatic heterocycles. The Kier molecular flexibility index (Phi) is 2.66. The highest BCUT2D eigenvalue weighted by Crippen LogP contribution is 1.98. The highest BCUT2D eigenvalue weighted by molar-refractivity contribution is 5.05. The molecule has 0 spiro atoms. The minimum atomic E-state index is 0.771. The lowest BCUT2D eigenvalue weighted by Crippen LogP contribution is -1.84. The van der Waals surface area contributed by atoms with E-state index in [2.05, 4.69) is 29.3 Å². The van der Waals surface area contributed by atoms with E-state index in [9.17, 15) is 0 Å². The highest BCUT2D eigenvalue weighted by Gasteiger charge is 1.96. The van der Waals surface area contributed by atoms with Gasteiger partial charge in [-0.2, -0.15) is 0 Å². The Balaban J connectivity index is 2.64. The van der Waals surface area contributed by atoms with Gasteiger partial charge in [0, 0.05) is 18.5 Å². The van der Waals surface area contributed by atoms with Gasteiger partial charge in [-0.15, -0.1) is 13.2 Å². The van der Waals surface area contributed by atoms with Crippen LogP contribution in [-0.2, 0) is 12.8 Å². The van der Waals surface area contributed by atoms with Crippen molar-refractivity contribution in [2.75, 3.05) is 0 Å². The topological polar surface area (TPSA) is 28.7 Å². The Morgan fingerprint density at radius 1 is 1.36 bits per heavy atom. The maximum atomic E-state index is 4.02. The average molecular weight is 147 g/mol. The average Bonchev–Trinajstić information content (AvgIpc) is 2.38. The van der Waals surface area contributed by atoms with Crippen LogP contribution in [0.2, 0.25) is 0 Å². The number of aromatic amines is 1. The molecule has 0 unspecified atom stereocenters. The van der Waals surface area contributed by atoms with Crippen LogP contribution in [0.4, 0.5) is 0 Å². The molecule has 0 atom stereocenters. The van der Waals surface area contributed by atoms with E-state index in [1.54, 1.807) is 0 Å². The highest BCUT2D eigenvalue weighted by atomic mass is 14.9. The second-order valence-electron chi connectivity index (χ2n) is 2.26. The van der Waals surface area contributed by atoms with Crippen molar-refractivity contribution in [3.63, 3.8) is 0 Å². The zero-order valence-corrected chi connectivity index (χ0v) is 6.43. The minimum Gasteiger partial charge on any atom is -0.345 e. The molecule has 0 aromatic carbocycles. The van der Waals surface area contributed by atoms with E-state index in [1.165, 1.54) is 0 Å². The first-order chi connectivity index (χ1) is 5.36. The minimum absolute atomic E-state index is 0.771. The van der Waals surface area contributed by atoms with Crippen LogP contribution >= 0.6 is 0 Å². The molecule has 1 heterocycles. The summed E-state index contributed by atoms with van der Waals surface area (Å²) in [6.45, 7) is 7.24. The molecule has 0 fully saturated rings. The number of hydrogen-bond acceptors (Lipinski definition) is 1. The molecule has 2 nitrogen and oxygen atoms in total. The van der Waals surface area contributed by atoms with Crippen LogP contribution in [0.25, 0.3) is 0 Å². The summed E-state index contributed by atoms with van der Waals surface area (Å²) in [6.07, 6.45) is 8.07. The molecule has 0 aliphatic rings. The molecule has 0 saturated carbocycles. The second kappa shape index (κ2) is 3.76. The molecule has 1 rings (SSSR count). The summed E-state index contributed by atoms with van der Waals surface area (Å²) in [5.74, 6) is 0.914. The molecular formula is C9H11N2. The summed E-state index contributed by atoms with van der Waals surface area (Å²) in [4.78, 5) is 7.13. The molecule has 0 amide bonds. The predicted octanol–water partition coefficient (Wildman–Crippen LogP) is 1.67. The van der Waals surface area contributed by atoms with Crippen molar-refractivity contribution < 1.29 is 0 Å². The Morgan fingerprint density at radius 3 is 2.73 bits per heavy atom. The first-order valence-electron chi connectivity index (χ1n) is 3.54. The number of nitrogens with zero attached hydrogens (tertiary/aromatic N) is 1. The first-order valence-corrected chi connectivity index (χ1v) is 3.54. The number of rotatable bonds is 4. The van der Waals surface area contributed by atoms with E-state index in [0.29, 0.717) is 0 Å². The van der Waals surface area contributed by atoms with Crippen molar-refractivity contribution in [1.29, 1.82) is 0 Å². The number of allylic oxidation sites excluding steroid dienone is 2. The molecular weight excluding hydrogens is 136 g/mol. The maximum Gasteiger partial charge on any atom is 0.112 e. The van der Waals surface area contributed by atoms with Gasteiger partial charge < -0.3 is 4.98 Å². The van der Waals surface area contributed by atoms with Crippen LogP contribution in [-0.4, -0.2) is 9.97 Å². The van der Waals surface area contributed by atoms with Gasteiger partial charge in [0.25, 0.3) is 0 Å². The Morgan fingerprint density at radius 2 is 2.09 bits per heavy atom. The van der Waals surface area contributed by atoms with Gasteiger partial charge >= 0.3 is 0 Å². The van der Waals surface area contributed by atoms with Crippen LogP contribution in [0.15, 0.2) is 25.3 Å². The van der Waals surface area contributed by atoms with Gasteiger partial charge in [0.2, 0.25) is 0 Å². The van der Waals surface area contributed by atoms with Gasteiger partial charge in [-0.1, -0.05) is 12.2 Å². The zero-order chi connectivity index (χ0) is 8.10. The molecule has 1 N–H and O–H groups in total. The molecule has 0 saturated heterocycles. The molecule has 0 bridgehead atoms. The number of H-pyrrole nitrogens is 1. The van der Waals surface area contributed by atoms with E-state index in [0.717, 1.165) is 24.4 Å². The summed E-state index contributed by atoms with van der Waals surface area (Å²) in [5, 5.41) is 0. The summed E-state index contributed by atoms with van der Waals surface area (Å²) < 4.78 is 0. The smallest absolute Gasteiger partial charge is 0.112 e. The molecule has 57 valence electrons. The van der Waals surface area contributed by atoms with E-state index >= 15 is 0 Å². The van der Waals surface area contributed by atoms with Crippen LogP contribution in [0.5, 0.6) is 0 Å². The Labute approximate surface area is 66.7 Å². The van der Waals surface area contributed by atoms with Crippen molar-refractivity contribution in [2.45, 2.75) is 12.8 Å². The maximum absolute atomic E-state index is 4.02. The lowest BCUT2D eigenvalue weighted by Gasteiger charge is -1.87. The number of nitrogens with one attached hydrogen (secondary N) is 1. The fourth-order valence-electron chi connectivity index (χ4n) is 0.839. The normalized spacial score (nSPS) is 9.45. The Hall–Kier alpha value is -1.31. The van der Waals surface area contributed by atoms with Gasteiger partial charge in [-0.25, -0.2) is 4.98 Å². The first kappa shape index (κ1) is 7.79. The number of imidazole rings is 1. The third-order valence-corrected chi connectivity index (χ3v) is 1.31. The van der Waals surface area contributed by atoms with E-state index in [1.807, 2.05) is 12.2 Å². The van der Waals surface area contributed by atoms with Crippen molar-refractivity contribution >= 4 is 0 Å². The fourth-order valence-corrected chi connectivity index (χ4v) is 0.839. The lowest BCUT2D eigenvalue weighted by atomic mass is 10.3. The SMILES string of the molecule is C=CCc1[c]nc(CC=C)[nH]1. The van der Waals surface area contributed by atoms with Crippen LogP contribution < -0.4 is 0 Å².